The molecule has 3 heterocycles. The van der Waals surface area contributed by atoms with Gasteiger partial charge in [-0.05, 0) is 76.0 Å². The molecule has 0 radical (unpaired) electrons. The Morgan fingerprint density at radius 2 is 1.98 bits per heavy atom. The van der Waals surface area contributed by atoms with E-state index in [0.29, 0.717) is 36.2 Å². The molecule has 0 aromatic heterocycles. The topological polar surface area (TPSA) is 111 Å². The van der Waals surface area contributed by atoms with Crippen LogP contribution in [0.15, 0.2) is 16.6 Å². The molecule has 0 aromatic rings. The molecule has 0 aromatic carbocycles. The van der Waals surface area contributed by atoms with Crippen LogP contribution in [-0.4, -0.2) is 73.8 Å². The van der Waals surface area contributed by atoms with Gasteiger partial charge in [-0.15, -0.1) is 5.48 Å². The van der Waals surface area contributed by atoms with E-state index in [1.54, 1.807) is 0 Å². The number of allylic oxidation sites excluding steroid dienone is 1. The van der Waals surface area contributed by atoms with Crippen molar-refractivity contribution in [2.45, 2.75) is 121 Å². The Morgan fingerprint density at radius 1 is 1.15 bits per heavy atom. The first kappa shape index (κ1) is 28.4. The summed E-state index contributed by atoms with van der Waals surface area (Å²) < 4.78 is 5.89. The molecule has 40 heavy (non-hydrogen) atoms. The lowest BCUT2D eigenvalue weighted by molar-refractivity contribution is 0.0539. The molecule has 1 amide bonds. The van der Waals surface area contributed by atoms with Crippen LogP contribution in [0, 0.1) is 23.7 Å². The third-order valence-electron chi connectivity index (χ3n) is 10.6. The molecule has 6 rings (SSSR count). The van der Waals surface area contributed by atoms with Crippen LogP contribution in [-0.2, 0) is 9.57 Å². The van der Waals surface area contributed by atoms with Gasteiger partial charge in [-0.2, -0.15) is 0 Å². The fourth-order valence-electron chi connectivity index (χ4n) is 7.89. The SMILES string of the molecule is COCC(C1=CCCCC1)C1NC2NC(C3NOC(=O)N3)=NC(N[C@H](C)C3CCC3)C2N1CC1CCC(C)CC1. The number of amidine groups is 1. The molecule has 5 N–H and O–H groups in total. The Bertz CT molecular complexity index is 948. The van der Waals surface area contributed by atoms with E-state index in [1.165, 1.54) is 63.4 Å². The number of fused-ring (bicyclic) bond motifs is 1. The number of methoxy groups -OCH3 is 1. The van der Waals surface area contributed by atoms with Crippen molar-refractivity contribution < 1.29 is 14.4 Å². The van der Waals surface area contributed by atoms with Crippen molar-refractivity contribution in [2.75, 3.05) is 20.3 Å². The standard InChI is InChI=1S/C30H51N7O3/c1-18-12-14-20(15-13-18)16-37-24-25(31-19(2)21-10-7-11-21)32-27(28-35-30(38)40-36-28)33-26(24)34-29(37)23(17-39-3)22-8-5-4-6-9-22/h8,18-21,23-26,28-29,31,34,36H,4-7,9-17H2,1-3H3,(H,32,33)(H,35,38)/t18?,19-,20?,23?,24?,25?,26?,28?,29?/m1/s1. The van der Waals surface area contributed by atoms with Gasteiger partial charge in [0, 0.05) is 25.6 Å². The van der Waals surface area contributed by atoms with Crippen LogP contribution >= 0.6 is 0 Å². The lowest BCUT2D eigenvalue weighted by Crippen LogP contribution is -2.66. The summed E-state index contributed by atoms with van der Waals surface area (Å²) in [6.07, 6.45) is 15.6. The summed E-state index contributed by atoms with van der Waals surface area (Å²) in [5.41, 5.74) is 4.35. The Morgan fingerprint density at radius 3 is 2.62 bits per heavy atom. The van der Waals surface area contributed by atoms with Gasteiger partial charge in [0.15, 0.2) is 6.17 Å². The average Bonchev–Trinajstić information content (AvgIpc) is 3.51. The monoisotopic (exact) mass is 557 g/mol. The van der Waals surface area contributed by atoms with Crippen molar-refractivity contribution in [3.63, 3.8) is 0 Å². The molecule has 6 unspecified atom stereocenters. The van der Waals surface area contributed by atoms with Gasteiger partial charge in [-0.1, -0.05) is 37.8 Å². The van der Waals surface area contributed by atoms with Crippen LogP contribution in [0.4, 0.5) is 4.79 Å². The zero-order valence-electron chi connectivity index (χ0n) is 24.7. The maximum absolute atomic E-state index is 11.9. The summed E-state index contributed by atoms with van der Waals surface area (Å²) in [5.74, 6) is 3.24. The summed E-state index contributed by atoms with van der Waals surface area (Å²) in [6.45, 7) is 6.50. The van der Waals surface area contributed by atoms with Crippen LogP contribution in [0.5, 0.6) is 0 Å². The summed E-state index contributed by atoms with van der Waals surface area (Å²) in [5, 5.41) is 14.5. The third kappa shape index (κ3) is 6.07. The van der Waals surface area contributed by atoms with Gasteiger partial charge >= 0.3 is 6.09 Å². The van der Waals surface area contributed by atoms with Crippen LogP contribution < -0.4 is 26.7 Å². The van der Waals surface area contributed by atoms with E-state index in [4.69, 9.17) is 14.6 Å². The van der Waals surface area contributed by atoms with Gasteiger partial charge in [0.2, 0.25) is 0 Å². The van der Waals surface area contributed by atoms with Gasteiger partial charge < -0.3 is 14.9 Å². The molecule has 2 saturated carbocycles. The van der Waals surface area contributed by atoms with Crippen molar-refractivity contribution in [3.05, 3.63) is 11.6 Å². The predicted octanol–water partition coefficient (Wildman–Crippen LogP) is 3.18. The number of nitrogens with zero attached hydrogens (tertiary/aromatic N) is 2. The second-order valence-corrected chi connectivity index (χ2v) is 13.3. The van der Waals surface area contributed by atoms with Crippen molar-refractivity contribution in [3.8, 4) is 0 Å². The molecule has 10 heteroatoms. The molecule has 0 bridgehead atoms. The van der Waals surface area contributed by atoms with Gasteiger partial charge in [0.1, 0.15) is 12.0 Å². The molecule has 2 saturated heterocycles. The van der Waals surface area contributed by atoms with Crippen LogP contribution in [0.3, 0.4) is 0 Å². The first-order chi connectivity index (χ1) is 19.5. The van der Waals surface area contributed by atoms with Gasteiger partial charge in [-0.25, -0.2) is 9.79 Å². The van der Waals surface area contributed by atoms with Gasteiger partial charge in [0.05, 0.1) is 25.0 Å². The highest BCUT2D eigenvalue weighted by molar-refractivity contribution is 5.92. The third-order valence-corrected chi connectivity index (χ3v) is 10.6. The Labute approximate surface area is 239 Å². The zero-order valence-corrected chi connectivity index (χ0v) is 24.7. The number of hydrogen-bond donors (Lipinski definition) is 5. The first-order valence-electron chi connectivity index (χ1n) is 16.0. The largest absolute Gasteiger partial charge is 0.427 e. The summed E-state index contributed by atoms with van der Waals surface area (Å²) in [4.78, 5) is 24.9. The number of carbonyl (C=O) groups excluding carboxylic acids is 1. The number of amides is 1. The average molecular weight is 558 g/mol. The molecule has 6 aliphatic rings. The van der Waals surface area contributed by atoms with Crippen LogP contribution in [0.25, 0.3) is 0 Å². The van der Waals surface area contributed by atoms with E-state index >= 15 is 0 Å². The molecule has 10 nitrogen and oxygen atoms in total. The second-order valence-electron chi connectivity index (χ2n) is 13.3. The minimum atomic E-state index is -0.485. The van der Waals surface area contributed by atoms with Crippen LogP contribution in [0.1, 0.15) is 84.5 Å². The van der Waals surface area contributed by atoms with Gasteiger partial charge in [0.25, 0.3) is 0 Å². The smallest absolute Gasteiger partial charge is 0.384 e. The Balaban J connectivity index is 1.31. The number of aliphatic imine (C=N–C) groups is 1. The maximum atomic E-state index is 11.9. The number of hydrogen-bond acceptors (Lipinski definition) is 9. The van der Waals surface area contributed by atoms with E-state index in [9.17, 15) is 4.79 Å². The lowest BCUT2D eigenvalue weighted by Gasteiger charge is -2.44. The zero-order chi connectivity index (χ0) is 27.6. The molecule has 3 aliphatic carbocycles. The Hall–Kier alpha value is -1.72. The van der Waals surface area contributed by atoms with E-state index in [0.717, 1.165) is 25.3 Å². The first-order valence-corrected chi connectivity index (χ1v) is 16.0. The fourth-order valence-corrected chi connectivity index (χ4v) is 7.89. The molecule has 4 fully saturated rings. The van der Waals surface area contributed by atoms with Crippen molar-refractivity contribution in [1.29, 1.82) is 0 Å². The van der Waals surface area contributed by atoms with Crippen molar-refractivity contribution in [1.82, 2.24) is 31.6 Å². The second kappa shape index (κ2) is 12.7. The van der Waals surface area contributed by atoms with E-state index < -0.39 is 12.3 Å². The quantitative estimate of drug-likeness (QED) is 0.261. The fraction of sp³-hybridized carbons (Fsp3) is 0.867. The highest BCUT2D eigenvalue weighted by Gasteiger charge is 2.52. The molecule has 3 aliphatic heterocycles. The summed E-state index contributed by atoms with van der Waals surface area (Å²) in [7, 11) is 1.84. The maximum Gasteiger partial charge on any atom is 0.427 e. The molecule has 224 valence electrons. The molecular weight excluding hydrogens is 506 g/mol. The minimum Gasteiger partial charge on any atom is -0.384 e. The summed E-state index contributed by atoms with van der Waals surface area (Å²) >= 11 is 0. The van der Waals surface area contributed by atoms with E-state index in [1.807, 2.05) is 7.11 Å². The molecule has 0 spiro atoms. The predicted molar refractivity (Wildman–Crippen MR) is 155 cm³/mol. The van der Waals surface area contributed by atoms with E-state index in [-0.39, 0.29) is 24.5 Å². The Kier molecular flexibility index (Phi) is 8.98. The van der Waals surface area contributed by atoms with Crippen LogP contribution in [0.2, 0.25) is 0 Å². The summed E-state index contributed by atoms with van der Waals surface area (Å²) in [6, 6.07) is 0.536. The number of hydroxylamine groups is 1. The number of nitrogens with one attached hydrogen (secondary N) is 5. The molecular formula is C30H51N7O3. The normalized spacial score (nSPS) is 38.3. The number of ether oxygens (including phenoxy) is 1. The number of rotatable bonds is 10. The highest BCUT2D eigenvalue weighted by atomic mass is 16.7. The molecule has 7 atom stereocenters. The van der Waals surface area contributed by atoms with Crippen molar-refractivity contribution >= 4 is 11.9 Å². The lowest BCUT2D eigenvalue weighted by atomic mass is 9.80. The number of carbonyl (C=O) groups is 1. The highest BCUT2D eigenvalue weighted by Crippen LogP contribution is 2.38. The minimum absolute atomic E-state index is 0.00560. The van der Waals surface area contributed by atoms with Gasteiger partial charge in [-0.3, -0.25) is 20.9 Å². The van der Waals surface area contributed by atoms with E-state index in [2.05, 4.69) is 51.6 Å². The van der Waals surface area contributed by atoms with Crippen molar-refractivity contribution in [2.24, 2.45) is 28.7 Å².